The van der Waals surface area contributed by atoms with Crippen molar-refractivity contribution in [2.24, 2.45) is 0 Å². The van der Waals surface area contributed by atoms with Gasteiger partial charge in [-0.15, -0.1) is 0 Å². The summed E-state index contributed by atoms with van der Waals surface area (Å²) in [7, 11) is 5.88. The summed E-state index contributed by atoms with van der Waals surface area (Å²) >= 11 is 0. The topological polar surface area (TPSA) is 63.0 Å². The Labute approximate surface area is 193 Å². The maximum absolute atomic E-state index is 10.5. The van der Waals surface area contributed by atoms with E-state index >= 15 is 0 Å². The van der Waals surface area contributed by atoms with Crippen molar-refractivity contribution in [3.05, 3.63) is 42.0 Å². The highest BCUT2D eigenvalue weighted by molar-refractivity contribution is 5.43. The summed E-state index contributed by atoms with van der Waals surface area (Å²) < 4.78 is 13.6. The first-order valence-electron chi connectivity index (χ1n) is 11.8. The maximum Gasteiger partial charge on any atom is 0.161 e. The fraction of sp³-hybridized carbons (Fsp3) is 0.640. The molecule has 2 aromatic rings. The van der Waals surface area contributed by atoms with Crippen LogP contribution < -0.4 is 9.47 Å². The fourth-order valence-electron chi connectivity index (χ4n) is 4.48. The lowest BCUT2D eigenvalue weighted by atomic mass is 9.94. The van der Waals surface area contributed by atoms with Crippen LogP contribution in [0.5, 0.6) is 11.5 Å². The van der Waals surface area contributed by atoms with E-state index in [9.17, 15) is 5.11 Å². The normalized spacial score (nSPS) is 16.0. The molecule has 1 fully saturated rings. The van der Waals surface area contributed by atoms with Crippen LogP contribution in [-0.4, -0.2) is 77.5 Å². The third kappa shape index (κ3) is 7.22. The molecule has 1 aromatic carbocycles. The van der Waals surface area contributed by atoms with Gasteiger partial charge in [0.25, 0.3) is 0 Å². The molecule has 1 aliphatic rings. The van der Waals surface area contributed by atoms with Gasteiger partial charge in [0.1, 0.15) is 18.5 Å². The Morgan fingerprint density at radius 2 is 1.97 bits per heavy atom. The summed E-state index contributed by atoms with van der Waals surface area (Å²) in [6.45, 7) is 5.57. The largest absolute Gasteiger partial charge is 0.493 e. The first-order chi connectivity index (χ1) is 15.5. The minimum absolute atomic E-state index is 0.261. The van der Waals surface area contributed by atoms with Crippen LogP contribution in [0.4, 0.5) is 0 Å². The Kier molecular flexibility index (Phi) is 9.38. The zero-order chi connectivity index (χ0) is 22.9. The molecule has 7 heteroatoms. The molecule has 0 aliphatic heterocycles. The molecule has 1 aliphatic carbocycles. The number of hydrogen-bond donors (Lipinski definition) is 1. The van der Waals surface area contributed by atoms with Crippen molar-refractivity contribution in [1.29, 1.82) is 0 Å². The Morgan fingerprint density at radius 3 is 2.66 bits per heavy atom. The predicted molar refractivity (Wildman–Crippen MR) is 127 cm³/mol. The van der Waals surface area contributed by atoms with Crippen LogP contribution in [0.15, 0.2) is 30.6 Å². The van der Waals surface area contributed by atoms with Crippen molar-refractivity contribution in [2.75, 3.05) is 40.9 Å². The number of benzene rings is 1. The maximum atomic E-state index is 10.5. The molecule has 178 valence electrons. The van der Waals surface area contributed by atoms with Crippen molar-refractivity contribution in [1.82, 2.24) is 19.4 Å². The molecular formula is C25H40N4O3. The second-order valence-corrected chi connectivity index (χ2v) is 9.09. The number of rotatable bonds is 12. The molecule has 3 rings (SSSR count). The van der Waals surface area contributed by atoms with Crippen molar-refractivity contribution >= 4 is 0 Å². The second kappa shape index (κ2) is 12.2. The number of methoxy groups -OCH3 is 1. The Hall–Kier alpha value is -2.09. The van der Waals surface area contributed by atoms with Crippen LogP contribution in [0.3, 0.4) is 0 Å². The molecule has 1 saturated carbocycles. The van der Waals surface area contributed by atoms with Gasteiger partial charge in [0.15, 0.2) is 11.5 Å². The van der Waals surface area contributed by atoms with E-state index in [0.717, 1.165) is 31.0 Å². The van der Waals surface area contributed by atoms with Crippen LogP contribution in [0, 0.1) is 6.92 Å². The molecular weight excluding hydrogens is 404 g/mol. The highest BCUT2D eigenvalue weighted by atomic mass is 16.5. The van der Waals surface area contributed by atoms with E-state index in [1.165, 1.54) is 32.1 Å². The number of likely N-dealkylation sites (N-methyl/N-ethyl adjacent to an activating group) is 2. The number of hydrogen-bond acceptors (Lipinski definition) is 6. The van der Waals surface area contributed by atoms with Crippen molar-refractivity contribution in [3.63, 3.8) is 0 Å². The van der Waals surface area contributed by atoms with Crippen molar-refractivity contribution < 1.29 is 14.6 Å². The fourth-order valence-corrected chi connectivity index (χ4v) is 4.48. The van der Waals surface area contributed by atoms with Gasteiger partial charge in [-0.25, -0.2) is 4.98 Å². The van der Waals surface area contributed by atoms with E-state index < -0.39 is 6.10 Å². The van der Waals surface area contributed by atoms with Crippen LogP contribution in [0.1, 0.15) is 43.5 Å². The van der Waals surface area contributed by atoms with E-state index in [2.05, 4.69) is 39.5 Å². The van der Waals surface area contributed by atoms with E-state index in [0.29, 0.717) is 24.1 Å². The number of aliphatic hydroxyl groups excluding tert-OH is 1. The lowest BCUT2D eigenvalue weighted by Gasteiger charge is -2.32. The van der Waals surface area contributed by atoms with Crippen LogP contribution in [0.2, 0.25) is 0 Å². The smallest absolute Gasteiger partial charge is 0.161 e. The van der Waals surface area contributed by atoms with Crippen molar-refractivity contribution in [2.45, 2.75) is 64.3 Å². The quantitative estimate of drug-likeness (QED) is 0.542. The summed E-state index contributed by atoms with van der Waals surface area (Å²) in [5, 5.41) is 10.5. The number of imidazole rings is 1. The third-order valence-corrected chi connectivity index (χ3v) is 6.45. The van der Waals surface area contributed by atoms with Gasteiger partial charge in [-0.2, -0.15) is 0 Å². The van der Waals surface area contributed by atoms with Gasteiger partial charge in [0.2, 0.25) is 0 Å². The number of aryl methyl sites for hydroxylation is 1. The zero-order valence-corrected chi connectivity index (χ0v) is 20.2. The molecule has 0 spiro atoms. The SMILES string of the molecule is COc1cc(CN(C)CCn2ccnc2C)ccc1OCC(O)CN(C)C1CCCCC1. The summed E-state index contributed by atoms with van der Waals surface area (Å²) in [6.07, 6.45) is 9.72. The molecule has 1 atom stereocenters. The first-order valence-corrected chi connectivity index (χ1v) is 11.8. The number of aromatic nitrogens is 2. The number of nitrogens with zero attached hydrogens (tertiary/aromatic N) is 4. The van der Waals surface area contributed by atoms with Crippen LogP contribution in [-0.2, 0) is 13.1 Å². The molecule has 1 aromatic heterocycles. The van der Waals surface area contributed by atoms with Gasteiger partial charge in [-0.3, -0.25) is 0 Å². The molecule has 32 heavy (non-hydrogen) atoms. The Balaban J connectivity index is 1.47. The predicted octanol–water partition coefficient (Wildman–Crippen LogP) is 3.34. The van der Waals surface area contributed by atoms with E-state index in [4.69, 9.17) is 9.47 Å². The summed E-state index contributed by atoms with van der Waals surface area (Å²) in [4.78, 5) is 8.84. The summed E-state index contributed by atoms with van der Waals surface area (Å²) in [6, 6.07) is 6.62. The minimum atomic E-state index is -0.524. The molecule has 1 heterocycles. The Morgan fingerprint density at radius 1 is 1.19 bits per heavy atom. The molecule has 0 saturated heterocycles. The molecule has 0 bridgehead atoms. The molecule has 7 nitrogen and oxygen atoms in total. The lowest BCUT2D eigenvalue weighted by Crippen LogP contribution is -2.40. The van der Waals surface area contributed by atoms with Gasteiger partial charge in [0.05, 0.1) is 7.11 Å². The summed E-state index contributed by atoms with van der Waals surface area (Å²) in [5.41, 5.74) is 1.16. The van der Waals surface area contributed by atoms with E-state index in [-0.39, 0.29) is 6.61 Å². The highest BCUT2D eigenvalue weighted by Gasteiger charge is 2.20. The standard InChI is InChI=1S/C25H40N4O3/c1-20-26-12-13-29(20)15-14-27(2)17-21-10-11-24(25(16-21)31-4)32-19-23(30)18-28(3)22-8-6-5-7-9-22/h10-13,16,22-23,30H,5-9,14-15,17-19H2,1-4H3. The highest BCUT2D eigenvalue weighted by Crippen LogP contribution is 2.29. The zero-order valence-electron chi connectivity index (χ0n) is 20.2. The number of aliphatic hydroxyl groups is 1. The monoisotopic (exact) mass is 444 g/mol. The van der Waals surface area contributed by atoms with Gasteiger partial charge < -0.3 is 28.9 Å². The van der Waals surface area contributed by atoms with E-state index in [1.54, 1.807) is 7.11 Å². The lowest BCUT2D eigenvalue weighted by molar-refractivity contribution is 0.0553. The second-order valence-electron chi connectivity index (χ2n) is 9.09. The molecule has 1 unspecified atom stereocenters. The molecule has 1 N–H and O–H groups in total. The average molecular weight is 445 g/mol. The first kappa shape index (κ1) is 24.6. The Bertz CT molecular complexity index is 819. The minimum Gasteiger partial charge on any atom is -0.493 e. The molecule has 0 radical (unpaired) electrons. The van der Waals surface area contributed by atoms with Gasteiger partial charge >= 0.3 is 0 Å². The average Bonchev–Trinajstić information content (AvgIpc) is 3.21. The van der Waals surface area contributed by atoms with Crippen LogP contribution in [0.25, 0.3) is 0 Å². The van der Waals surface area contributed by atoms with Crippen LogP contribution >= 0.6 is 0 Å². The van der Waals surface area contributed by atoms with E-state index in [1.807, 2.05) is 31.5 Å². The van der Waals surface area contributed by atoms with Gasteiger partial charge in [0, 0.05) is 44.6 Å². The number of ether oxygens (including phenoxy) is 2. The third-order valence-electron chi connectivity index (χ3n) is 6.45. The van der Waals surface area contributed by atoms with Crippen molar-refractivity contribution in [3.8, 4) is 11.5 Å². The van der Waals surface area contributed by atoms with Gasteiger partial charge in [-0.1, -0.05) is 25.3 Å². The summed E-state index contributed by atoms with van der Waals surface area (Å²) in [5.74, 6) is 2.41. The van der Waals surface area contributed by atoms with Gasteiger partial charge in [-0.05, 0) is 51.6 Å². The molecule has 0 amide bonds.